The second kappa shape index (κ2) is 12.3. The molecule has 1 aromatic heterocycles. The molecule has 0 unspecified atom stereocenters. The number of oxazole rings is 1. The van der Waals surface area contributed by atoms with Gasteiger partial charge in [-0.05, 0) is 51.2 Å². The maximum atomic E-state index is 5.82. The van der Waals surface area contributed by atoms with Crippen LogP contribution in [0.4, 0.5) is 0 Å². The SMILES string of the molecule is CCNC(=NCc1coc(-c2ccc(C)cc2)n1)NCCCOCC1CCOCC1. The van der Waals surface area contributed by atoms with Crippen LogP contribution in [-0.4, -0.2) is 50.5 Å². The molecule has 1 aliphatic rings. The molecule has 2 N–H and O–H groups in total. The lowest BCUT2D eigenvalue weighted by molar-refractivity contribution is 0.0203. The van der Waals surface area contributed by atoms with Crippen molar-refractivity contribution < 1.29 is 13.9 Å². The van der Waals surface area contributed by atoms with E-state index in [0.29, 0.717) is 18.4 Å². The van der Waals surface area contributed by atoms with Crippen molar-refractivity contribution in [1.29, 1.82) is 0 Å². The summed E-state index contributed by atoms with van der Waals surface area (Å²) in [5, 5.41) is 6.62. The molecule has 0 spiro atoms. The van der Waals surface area contributed by atoms with Gasteiger partial charge in [0.1, 0.15) is 12.0 Å². The molecule has 0 bridgehead atoms. The molecule has 1 aromatic carbocycles. The van der Waals surface area contributed by atoms with E-state index in [0.717, 1.165) is 76.0 Å². The van der Waals surface area contributed by atoms with Crippen LogP contribution < -0.4 is 10.6 Å². The van der Waals surface area contributed by atoms with Crippen molar-refractivity contribution in [3.63, 3.8) is 0 Å². The molecule has 7 heteroatoms. The lowest BCUT2D eigenvalue weighted by Gasteiger charge is -2.21. The van der Waals surface area contributed by atoms with Crippen LogP contribution in [0, 0.1) is 12.8 Å². The molecule has 0 atom stereocenters. The van der Waals surface area contributed by atoms with Gasteiger partial charge < -0.3 is 24.5 Å². The molecular weight excluding hydrogens is 380 g/mol. The number of rotatable bonds is 10. The van der Waals surface area contributed by atoms with Crippen LogP contribution in [0.1, 0.15) is 37.4 Å². The Balaban J connectivity index is 1.39. The van der Waals surface area contributed by atoms with Crippen LogP contribution in [0.3, 0.4) is 0 Å². The minimum Gasteiger partial charge on any atom is -0.444 e. The molecule has 30 heavy (non-hydrogen) atoms. The van der Waals surface area contributed by atoms with Crippen LogP contribution in [0.2, 0.25) is 0 Å². The minimum atomic E-state index is 0.463. The third-order valence-corrected chi connectivity index (χ3v) is 5.05. The smallest absolute Gasteiger partial charge is 0.226 e. The molecule has 0 aliphatic carbocycles. The molecule has 1 aliphatic heterocycles. The van der Waals surface area contributed by atoms with Crippen LogP contribution in [-0.2, 0) is 16.0 Å². The van der Waals surface area contributed by atoms with Crippen molar-refractivity contribution in [2.45, 2.75) is 39.7 Å². The fraction of sp³-hybridized carbons (Fsp3) is 0.565. The van der Waals surface area contributed by atoms with Crippen LogP contribution in [0.25, 0.3) is 11.5 Å². The molecular formula is C23H34N4O3. The predicted molar refractivity (Wildman–Crippen MR) is 118 cm³/mol. The normalized spacial score (nSPS) is 15.3. The van der Waals surface area contributed by atoms with E-state index >= 15 is 0 Å². The van der Waals surface area contributed by atoms with Gasteiger partial charge >= 0.3 is 0 Å². The van der Waals surface area contributed by atoms with Crippen LogP contribution >= 0.6 is 0 Å². The van der Waals surface area contributed by atoms with E-state index in [1.807, 2.05) is 12.1 Å². The van der Waals surface area contributed by atoms with E-state index in [1.165, 1.54) is 5.56 Å². The molecule has 0 saturated carbocycles. The van der Waals surface area contributed by atoms with Crippen LogP contribution in [0.5, 0.6) is 0 Å². The number of benzene rings is 1. The van der Waals surface area contributed by atoms with E-state index < -0.39 is 0 Å². The quantitative estimate of drug-likeness (QED) is 0.352. The van der Waals surface area contributed by atoms with Crippen molar-refractivity contribution in [3.8, 4) is 11.5 Å². The number of guanidine groups is 1. The second-order valence-corrected chi connectivity index (χ2v) is 7.62. The molecule has 3 rings (SSSR count). The topological polar surface area (TPSA) is 80.9 Å². The summed E-state index contributed by atoms with van der Waals surface area (Å²) in [6.07, 6.45) is 4.84. The Bertz CT molecular complexity index is 767. The molecule has 2 heterocycles. The van der Waals surface area contributed by atoms with Gasteiger partial charge in [-0.3, -0.25) is 0 Å². The first-order valence-electron chi connectivity index (χ1n) is 10.9. The summed E-state index contributed by atoms with van der Waals surface area (Å²) in [7, 11) is 0. The van der Waals surface area contributed by atoms with Crippen molar-refractivity contribution in [3.05, 3.63) is 41.8 Å². The van der Waals surface area contributed by atoms with E-state index in [2.05, 4.69) is 46.6 Å². The molecule has 2 aromatic rings. The van der Waals surface area contributed by atoms with Gasteiger partial charge in [0.15, 0.2) is 5.96 Å². The highest BCUT2D eigenvalue weighted by Crippen LogP contribution is 2.19. The first kappa shape index (κ1) is 22.3. The summed E-state index contributed by atoms with van der Waals surface area (Å²) in [6.45, 7) is 9.54. The maximum Gasteiger partial charge on any atom is 0.226 e. The van der Waals surface area contributed by atoms with E-state index in [9.17, 15) is 0 Å². The first-order valence-corrected chi connectivity index (χ1v) is 10.9. The molecule has 1 saturated heterocycles. The monoisotopic (exact) mass is 414 g/mol. The highest BCUT2D eigenvalue weighted by Gasteiger charge is 2.13. The van der Waals surface area contributed by atoms with Crippen LogP contribution in [0.15, 0.2) is 39.9 Å². The average molecular weight is 415 g/mol. The Hall–Kier alpha value is -2.38. The standard InChI is InChI=1S/C23H34N4O3/c1-3-24-23(25-11-4-12-29-16-19-9-13-28-14-10-19)26-15-21-17-30-22(27-21)20-7-5-18(2)6-8-20/h5-8,17,19H,3-4,9-16H2,1-2H3,(H2,24,25,26). The van der Waals surface area contributed by atoms with E-state index in [1.54, 1.807) is 6.26 Å². The van der Waals surface area contributed by atoms with E-state index in [4.69, 9.17) is 13.9 Å². The zero-order chi connectivity index (χ0) is 21.0. The Kier molecular flexibility index (Phi) is 9.18. The fourth-order valence-electron chi connectivity index (χ4n) is 3.25. The largest absolute Gasteiger partial charge is 0.444 e. The van der Waals surface area contributed by atoms with Gasteiger partial charge in [-0.25, -0.2) is 9.98 Å². The summed E-state index contributed by atoms with van der Waals surface area (Å²) >= 11 is 0. The van der Waals surface area contributed by atoms with Gasteiger partial charge in [-0.15, -0.1) is 0 Å². The molecule has 0 amide bonds. The van der Waals surface area contributed by atoms with E-state index in [-0.39, 0.29) is 0 Å². The van der Waals surface area contributed by atoms with Gasteiger partial charge in [0.25, 0.3) is 0 Å². The van der Waals surface area contributed by atoms with Crippen molar-refractivity contribution in [1.82, 2.24) is 15.6 Å². The Morgan fingerprint density at radius 2 is 2.00 bits per heavy atom. The number of aliphatic imine (C=N–C) groups is 1. The number of ether oxygens (including phenoxy) is 2. The Labute approximate surface area is 179 Å². The molecule has 7 nitrogen and oxygen atoms in total. The lowest BCUT2D eigenvalue weighted by atomic mass is 10.0. The van der Waals surface area contributed by atoms with Crippen molar-refractivity contribution >= 4 is 5.96 Å². The van der Waals surface area contributed by atoms with Gasteiger partial charge in [-0.1, -0.05) is 17.7 Å². The number of aryl methyl sites for hydroxylation is 1. The van der Waals surface area contributed by atoms with Gasteiger partial charge in [0, 0.05) is 45.1 Å². The molecule has 164 valence electrons. The lowest BCUT2D eigenvalue weighted by Crippen LogP contribution is -2.38. The number of nitrogens with zero attached hydrogens (tertiary/aromatic N) is 2. The summed E-state index contributed by atoms with van der Waals surface area (Å²) in [6, 6.07) is 8.14. The zero-order valence-corrected chi connectivity index (χ0v) is 18.2. The molecule has 1 fully saturated rings. The Morgan fingerprint density at radius 1 is 1.20 bits per heavy atom. The van der Waals surface area contributed by atoms with Gasteiger partial charge in [-0.2, -0.15) is 0 Å². The van der Waals surface area contributed by atoms with Crippen molar-refractivity contribution in [2.24, 2.45) is 10.9 Å². The Morgan fingerprint density at radius 3 is 2.77 bits per heavy atom. The number of hydrogen-bond donors (Lipinski definition) is 2. The zero-order valence-electron chi connectivity index (χ0n) is 18.2. The summed E-state index contributed by atoms with van der Waals surface area (Å²) in [5.74, 6) is 2.06. The summed E-state index contributed by atoms with van der Waals surface area (Å²) in [5.41, 5.74) is 3.00. The molecule has 0 radical (unpaired) electrons. The minimum absolute atomic E-state index is 0.463. The van der Waals surface area contributed by atoms with Crippen molar-refractivity contribution in [2.75, 3.05) is 39.5 Å². The van der Waals surface area contributed by atoms with Gasteiger partial charge in [0.05, 0.1) is 6.54 Å². The fourth-order valence-corrected chi connectivity index (χ4v) is 3.25. The average Bonchev–Trinajstić information content (AvgIpc) is 3.24. The summed E-state index contributed by atoms with van der Waals surface area (Å²) in [4.78, 5) is 9.16. The maximum absolute atomic E-state index is 5.82. The highest BCUT2D eigenvalue weighted by molar-refractivity contribution is 5.79. The van der Waals surface area contributed by atoms with Gasteiger partial charge in [0.2, 0.25) is 5.89 Å². The number of hydrogen-bond acceptors (Lipinski definition) is 5. The summed E-state index contributed by atoms with van der Waals surface area (Å²) < 4.78 is 16.8. The number of nitrogens with one attached hydrogen (secondary N) is 2. The first-order chi connectivity index (χ1) is 14.7. The third kappa shape index (κ3) is 7.46. The predicted octanol–water partition coefficient (Wildman–Crippen LogP) is 3.54. The second-order valence-electron chi connectivity index (χ2n) is 7.62. The number of aromatic nitrogens is 1. The highest BCUT2D eigenvalue weighted by atomic mass is 16.5. The third-order valence-electron chi connectivity index (χ3n) is 5.05.